The van der Waals surface area contributed by atoms with E-state index in [1.165, 1.54) is 5.06 Å². The van der Waals surface area contributed by atoms with E-state index in [0.29, 0.717) is 0 Å². The summed E-state index contributed by atoms with van der Waals surface area (Å²) in [4.78, 5) is 0. The highest BCUT2D eigenvalue weighted by Gasteiger charge is 2.09. The molecular weight excluding hydrogens is 110 g/mol. The Labute approximate surface area is 46.8 Å². The van der Waals surface area contributed by atoms with Gasteiger partial charge in [0, 0.05) is 6.20 Å². The molecule has 0 fully saturated rings. The van der Waals surface area contributed by atoms with Crippen LogP contribution in [0.3, 0.4) is 0 Å². The smallest absolute Gasteiger partial charge is 0.102 e. The van der Waals surface area contributed by atoms with Crippen molar-refractivity contribution >= 4 is 11.8 Å². The first kappa shape index (κ1) is 5.00. The Hall–Kier alpha value is -0.150. The topological polar surface area (TPSA) is 23.5 Å². The maximum Gasteiger partial charge on any atom is 0.102 e. The molecular formula is C4H7NOS. The molecule has 1 rings (SSSR count). The minimum absolute atomic E-state index is 0.208. The van der Waals surface area contributed by atoms with Crippen molar-refractivity contribution in [3.8, 4) is 0 Å². The van der Waals surface area contributed by atoms with Crippen LogP contribution in [0.2, 0.25) is 0 Å². The van der Waals surface area contributed by atoms with Crippen molar-refractivity contribution in [3.63, 3.8) is 0 Å². The highest BCUT2D eigenvalue weighted by Crippen LogP contribution is 2.21. The van der Waals surface area contributed by atoms with E-state index in [4.69, 9.17) is 5.21 Å². The fourth-order valence-electron chi connectivity index (χ4n) is 0.395. The quantitative estimate of drug-likeness (QED) is 0.516. The van der Waals surface area contributed by atoms with Crippen molar-refractivity contribution in [2.45, 2.75) is 12.3 Å². The molecule has 1 aliphatic heterocycles. The van der Waals surface area contributed by atoms with E-state index in [1.54, 1.807) is 18.0 Å². The number of nitrogens with zero attached hydrogens (tertiary/aromatic N) is 1. The van der Waals surface area contributed by atoms with Crippen molar-refractivity contribution in [2.75, 3.05) is 0 Å². The third-order valence-electron chi connectivity index (χ3n) is 0.862. The molecule has 0 saturated heterocycles. The van der Waals surface area contributed by atoms with Crippen LogP contribution in [0, 0.1) is 0 Å². The van der Waals surface area contributed by atoms with E-state index in [2.05, 4.69) is 0 Å². The average Bonchev–Trinajstić information content (AvgIpc) is 1.91. The molecule has 0 aromatic heterocycles. The molecule has 0 aromatic rings. The van der Waals surface area contributed by atoms with Crippen molar-refractivity contribution < 1.29 is 5.21 Å². The number of hydroxylamine groups is 2. The minimum atomic E-state index is 0.208. The zero-order valence-electron chi connectivity index (χ0n) is 4.03. The molecule has 0 saturated carbocycles. The number of rotatable bonds is 0. The van der Waals surface area contributed by atoms with Gasteiger partial charge in [-0.25, -0.2) is 0 Å². The average molecular weight is 117 g/mol. The van der Waals surface area contributed by atoms with Crippen LogP contribution < -0.4 is 0 Å². The van der Waals surface area contributed by atoms with Gasteiger partial charge >= 0.3 is 0 Å². The number of hydrogen-bond donors (Lipinski definition) is 1. The highest BCUT2D eigenvalue weighted by atomic mass is 32.2. The van der Waals surface area contributed by atoms with E-state index in [0.717, 1.165) is 0 Å². The van der Waals surface area contributed by atoms with Gasteiger partial charge in [0.05, 0.1) is 0 Å². The van der Waals surface area contributed by atoms with Gasteiger partial charge in [0.25, 0.3) is 0 Å². The fraction of sp³-hybridized carbons (Fsp3) is 0.500. The van der Waals surface area contributed by atoms with Crippen molar-refractivity contribution in [2.24, 2.45) is 0 Å². The molecule has 0 bridgehead atoms. The van der Waals surface area contributed by atoms with E-state index in [-0.39, 0.29) is 5.37 Å². The lowest BCUT2D eigenvalue weighted by Crippen LogP contribution is -2.15. The van der Waals surface area contributed by atoms with Gasteiger partial charge in [-0.3, -0.25) is 10.3 Å². The van der Waals surface area contributed by atoms with Crippen LogP contribution in [0.5, 0.6) is 0 Å². The SMILES string of the molecule is CC1SC=CN1O. The fourth-order valence-corrected chi connectivity index (χ4v) is 1.01. The molecule has 2 nitrogen and oxygen atoms in total. The Morgan fingerprint density at radius 3 is 2.71 bits per heavy atom. The zero-order chi connectivity index (χ0) is 5.28. The highest BCUT2D eigenvalue weighted by molar-refractivity contribution is 8.02. The first-order valence-electron chi connectivity index (χ1n) is 2.10. The van der Waals surface area contributed by atoms with Crippen LogP contribution in [0.25, 0.3) is 0 Å². The van der Waals surface area contributed by atoms with Gasteiger partial charge < -0.3 is 0 Å². The maximum atomic E-state index is 8.72. The molecule has 1 aliphatic rings. The Balaban J connectivity index is 2.45. The third-order valence-corrected chi connectivity index (χ3v) is 1.75. The summed E-state index contributed by atoms with van der Waals surface area (Å²) in [5.74, 6) is 0. The van der Waals surface area contributed by atoms with Gasteiger partial charge in [-0.2, -0.15) is 0 Å². The Kier molecular flexibility index (Phi) is 1.25. The maximum absolute atomic E-state index is 8.72. The van der Waals surface area contributed by atoms with E-state index < -0.39 is 0 Å². The summed E-state index contributed by atoms with van der Waals surface area (Å²) in [7, 11) is 0. The summed E-state index contributed by atoms with van der Waals surface area (Å²) >= 11 is 1.60. The second-order valence-corrected chi connectivity index (χ2v) is 2.63. The summed E-state index contributed by atoms with van der Waals surface area (Å²) in [5.41, 5.74) is 0. The molecule has 0 spiro atoms. The molecule has 0 aliphatic carbocycles. The van der Waals surface area contributed by atoms with Gasteiger partial charge in [-0.1, -0.05) is 0 Å². The molecule has 0 aromatic carbocycles. The molecule has 7 heavy (non-hydrogen) atoms. The molecule has 1 unspecified atom stereocenters. The van der Waals surface area contributed by atoms with E-state index in [9.17, 15) is 0 Å². The molecule has 1 heterocycles. The largest absolute Gasteiger partial charge is 0.288 e. The monoisotopic (exact) mass is 117 g/mol. The van der Waals surface area contributed by atoms with Gasteiger partial charge in [0.2, 0.25) is 0 Å². The molecule has 1 N–H and O–H groups in total. The Bertz CT molecular complexity index is 93.7. The van der Waals surface area contributed by atoms with Crippen LogP contribution in [-0.4, -0.2) is 15.6 Å². The first-order chi connectivity index (χ1) is 3.30. The third kappa shape index (κ3) is 0.894. The van der Waals surface area contributed by atoms with Crippen LogP contribution >= 0.6 is 11.8 Å². The van der Waals surface area contributed by atoms with Gasteiger partial charge in [0.15, 0.2) is 0 Å². The van der Waals surface area contributed by atoms with Crippen LogP contribution in [0.15, 0.2) is 11.6 Å². The molecule has 0 amide bonds. The van der Waals surface area contributed by atoms with E-state index in [1.807, 2.05) is 12.3 Å². The van der Waals surface area contributed by atoms with Crippen molar-refractivity contribution in [1.82, 2.24) is 5.06 Å². The molecule has 3 heteroatoms. The first-order valence-corrected chi connectivity index (χ1v) is 3.04. The number of thioether (sulfide) groups is 1. The lowest BCUT2D eigenvalue weighted by Gasteiger charge is -2.10. The van der Waals surface area contributed by atoms with Gasteiger partial charge in [-0.05, 0) is 12.3 Å². The zero-order valence-corrected chi connectivity index (χ0v) is 4.85. The lowest BCUT2D eigenvalue weighted by molar-refractivity contribution is -0.0436. The van der Waals surface area contributed by atoms with Crippen LogP contribution in [0.1, 0.15) is 6.92 Å². The Morgan fingerprint density at radius 2 is 2.57 bits per heavy atom. The van der Waals surface area contributed by atoms with Crippen LogP contribution in [0.4, 0.5) is 0 Å². The summed E-state index contributed by atoms with van der Waals surface area (Å²) in [6.07, 6.45) is 1.65. The van der Waals surface area contributed by atoms with Gasteiger partial charge in [0.1, 0.15) is 5.37 Å². The summed E-state index contributed by atoms with van der Waals surface area (Å²) in [6.45, 7) is 1.94. The Morgan fingerprint density at radius 1 is 1.86 bits per heavy atom. The van der Waals surface area contributed by atoms with Crippen molar-refractivity contribution in [3.05, 3.63) is 11.6 Å². The molecule has 0 radical (unpaired) electrons. The molecule has 1 atom stereocenters. The van der Waals surface area contributed by atoms with E-state index >= 15 is 0 Å². The summed E-state index contributed by atoms with van der Waals surface area (Å²) < 4.78 is 0. The summed E-state index contributed by atoms with van der Waals surface area (Å²) in [5, 5.41) is 12.0. The molecule has 40 valence electrons. The van der Waals surface area contributed by atoms with Gasteiger partial charge in [-0.15, -0.1) is 11.8 Å². The van der Waals surface area contributed by atoms with Crippen LogP contribution in [-0.2, 0) is 0 Å². The second kappa shape index (κ2) is 1.76. The standard InChI is InChI=1S/C4H7NOS/c1-4-5(6)2-3-7-4/h2-4,6H,1H3. The second-order valence-electron chi connectivity index (χ2n) is 1.40. The normalized spacial score (nSPS) is 29.4. The summed E-state index contributed by atoms with van der Waals surface area (Å²) in [6, 6.07) is 0. The van der Waals surface area contributed by atoms with Crippen molar-refractivity contribution in [1.29, 1.82) is 0 Å². The lowest BCUT2D eigenvalue weighted by atomic mass is 10.7. The predicted molar refractivity (Wildman–Crippen MR) is 29.8 cm³/mol. The predicted octanol–water partition coefficient (Wildman–Crippen LogP) is 1.24. The number of hydrogen-bond acceptors (Lipinski definition) is 3. The minimum Gasteiger partial charge on any atom is -0.288 e.